The Morgan fingerprint density at radius 1 is 1.03 bits per heavy atom. The summed E-state index contributed by atoms with van der Waals surface area (Å²) in [6, 6.07) is 11.2. The van der Waals surface area contributed by atoms with Gasteiger partial charge in [0.25, 0.3) is 12.0 Å². The molecule has 11 heteroatoms. The zero-order valence-corrected chi connectivity index (χ0v) is 18.0. The monoisotopic (exact) mass is 514 g/mol. The van der Waals surface area contributed by atoms with E-state index in [1.54, 1.807) is 12.1 Å². The summed E-state index contributed by atoms with van der Waals surface area (Å²) in [5.41, 5.74) is 5.87. The first kappa shape index (κ1) is 20.8. The van der Waals surface area contributed by atoms with Crippen LogP contribution in [0, 0.1) is 11.9 Å². The number of fused-ring (bicyclic) bond motifs is 4. The van der Waals surface area contributed by atoms with Gasteiger partial charge in [0.2, 0.25) is 5.95 Å². The normalized spacial score (nSPS) is 18.4. The highest BCUT2D eigenvalue weighted by Crippen LogP contribution is 2.52. The quantitative estimate of drug-likeness (QED) is 0.416. The van der Waals surface area contributed by atoms with Crippen molar-refractivity contribution in [2.45, 2.75) is 5.54 Å². The van der Waals surface area contributed by atoms with Crippen LogP contribution in [0.25, 0.3) is 0 Å². The van der Waals surface area contributed by atoms with E-state index in [2.05, 4.69) is 30.9 Å². The lowest BCUT2D eigenvalue weighted by atomic mass is 9.82. The van der Waals surface area contributed by atoms with Crippen molar-refractivity contribution in [2.75, 3.05) is 6.61 Å². The molecule has 30 heavy (non-hydrogen) atoms. The number of aromatic nitrogens is 2. The summed E-state index contributed by atoms with van der Waals surface area (Å²) in [5.74, 6) is -0.879. The van der Waals surface area contributed by atoms with Crippen LogP contribution >= 0.6 is 39.1 Å². The summed E-state index contributed by atoms with van der Waals surface area (Å²) < 4.78 is 38.0. The van der Waals surface area contributed by atoms with Gasteiger partial charge in [-0.25, -0.2) is 15.0 Å². The number of benzene rings is 1. The molecule has 0 saturated carbocycles. The van der Waals surface area contributed by atoms with E-state index < -0.39 is 17.4 Å². The molecule has 0 bridgehead atoms. The van der Waals surface area contributed by atoms with Gasteiger partial charge >= 0.3 is 0 Å². The second-order valence-corrected chi connectivity index (χ2v) is 7.93. The summed E-state index contributed by atoms with van der Waals surface area (Å²) in [4.78, 5) is 11.3. The largest absolute Gasteiger partial charge is 0.462 e. The minimum atomic E-state index is -0.996. The van der Waals surface area contributed by atoms with Gasteiger partial charge in [-0.2, -0.15) is 8.78 Å². The van der Waals surface area contributed by atoms with Crippen LogP contribution in [0.15, 0.2) is 51.9 Å². The maximum Gasteiger partial charge on any atom is 0.283 e. The van der Waals surface area contributed by atoms with E-state index in [1.807, 2.05) is 6.07 Å². The van der Waals surface area contributed by atoms with E-state index >= 15 is 0 Å². The SMILES string of the molecule is Fc1cccc(Cl)n1.NC1=NC2(CO1)c1cc(Br)ccc1Oc1c2cc(Cl)nc1F. The molecule has 2 aliphatic heterocycles. The number of halogens is 5. The maximum absolute atomic E-state index is 14.2. The average molecular weight is 516 g/mol. The molecule has 2 aromatic heterocycles. The van der Waals surface area contributed by atoms with E-state index in [1.165, 1.54) is 24.3 Å². The van der Waals surface area contributed by atoms with Crippen LogP contribution in [0.4, 0.5) is 8.78 Å². The molecular weight excluding hydrogens is 505 g/mol. The van der Waals surface area contributed by atoms with Gasteiger partial charge in [0.05, 0.1) is 0 Å². The Labute approximate surface area is 187 Å². The second kappa shape index (κ2) is 7.98. The number of hydrogen-bond donors (Lipinski definition) is 1. The van der Waals surface area contributed by atoms with Crippen LogP contribution in [0.2, 0.25) is 10.3 Å². The Kier molecular flexibility index (Phi) is 5.52. The Morgan fingerprint density at radius 2 is 1.83 bits per heavy atom. The fraction of sp³-hybridized carbons (Fsp3) is 0.105. The van der Waals surface area contributed by atoms with E-state index in [0.717, 1.165) is 10.0 Å². The number of nitrogens with two attached hydrogens (primary N) is 1. The molecule has 5 rings (SSSR count). The van der Waals surface area contributed by atoms with Crippen molar-refractivity contribution < 1.29 is 18.3 Å². The smallest absolute Gasteiger partial charge is 0.283 e. The zero-order chi connectivity index (χ0) is 21.5. The van der Waals surface area contributed by atoms with Crippen LogP contribution in [-0.2, 0) is 10.3 Å². The lowest BCUT2D eigenvalue weighted by Gasteiger charge is -2.33. The molecule has 0 aliphatic carbocycles. The maximum atomic E-state index is 14.2. The van der Waals surface area contributed by atoms with Crippen molar-refractivity contribution in [3.8, 4) is 11.5 Å². The number of rotatable bonds is 0. The van der Waals surface area contributed by atoms with Gasteiger partial charge in [0, 0.05) is 15.6 Å². The zero-order valence-electron chi connectivity index (χ0n) is 14.9. The predicted molar refractivity (Wildman–Crippen MR) is 111 cm³/mol. The number of pyridine rings is 2. The molecule has 0 radical (unpaired) electrons. The minimum Gasteiger partial charge on any atom is -0.462 e. The highest BCUT2D eigenvalue weighted by molar-refractivity contribution is 9.10. The molecule has 154 valence electrons. The van der Waals surface area contributed by atoms with Crippen molar-refractivity contribution in [1.82, 2.24) is 9.97 Å². The van der Waals surface area contributed by atoms with Crippen molar-refractivity contribution in [3.63, 3.8) is 0 Å². The minimum absolute atomic E-state index is 0.0124. The number of amidine groups is 1. The number of aliphatic imine (C=N–C) groups is 1. The van der Waals surface area contributed by atoms with Crippen LogP contribution in [0.3, 0.4) is 0 Å². The number of ether oxygens (including phenoxy) is 2. The molecule has 0 amide bonds. The topological polar surface area (TPSA) is 82.6 Å². The molecular formula is C19H11BrCl2F2N4O2. The summed E-state index contributed by atoms with van der Waals surface area (Å²) in [6.45, 7) is 0.137. The first-order valence-corrected chi connectivity index (χ1v) is 9.94. The molecule has 2 N–H and O–H groups in total. The van der Waals surface area contributed by atoms with Crippen molar-refractivity contribution >= 4 is 45.2 Å². The molecule has 1 atom stereocenters. The Hall–Kier alpha value is -2.49. The van der Waals surface area contributed by atoms with Crippen molar-refractivity contribution in [2.24, 2.45) is 10.7 Å². The van der Waals surface area contributed by atoms with E-state index in [4.69, 9.17) is 38.4 Å². The fourth-order valence-corrected chi connectivity index (χ4v) is 3.83. The van der Waals surface area contributed by atoms with Gasteiger partial charge in [-0.1, -0.05) is 45.2 Å². The molecule has 4 heterocycles. The Balaban J connectivity index is 0.000000230. The average Bonchev–Trinajstić information content (AvgIpc) is 3.07. The Morgan fingerprint density at radius 3 is 2.47 bits per heavy atom. The molecule has 1 aromatic carbocycles. The van der Waals surface area contributed by atoms with Gasteiger partial charge in [-0.3, -0.25) is 0 Å². The molecule has 3 aromatic rings. The third kappa shape index (κ3) is 3.80. The lowest BCUT2D eigenvalue weighted by molar-refractivity contribution is 0.261. The van der Waals surface area contributed by atoms with Gasteiger partial charge in [0.1, 0.15) is 22.7 Å². The van der Waals surface area contributed by atoms with Crippen LogP contribution in [0.1, 0.15) is 11.1 Å². The summed E-state index contributed by atoms with van der Waals surface area (Å²) in [6.07, 6.45) is 0. The highest BCUT2D eigenvalue weighted by Gasteiger charge is 2.48. The predicted octanol–water partition coefficient (Wildman–Crippen LogP) is 5.20. The molecule has 1 spiro atoms. The molecule has 0 fully saturated rings. The Bertz CT molecular complexity index is 1160. The van der Waals surface area contributed by atoms with E-state index in [-0.39, 0.29) is 28.7 Å². The van der Waals surface area contributed by atoms with Crippen LogP contribution < -0.4 is 10.5 Å². The standard InChI is InChI=1S/C14H8BrClFN3O2.C5H3ClFN/c15-6-1-2-9-7(3-6)14(5-21-13(18)20-14)8-4-10(16)19-12(17)11(8)22-9;6-4-2-1-3-5(7)8-4/h1-4H,5H2,(H2,18,20);1-3H. The molecule has 0 saturated heterocycles. The highest BCUT2D eigenvalue weighted by atomic mass is 79.9. The van der Waals surface area contributed by atoms with E-state index in [0.29, 0.717) is 11.3 Å². The first-order chi connectivity index (χ1) is 14.3. The van der Waals surface area contributed by atoms with Crippen molar-refractivity contribution in [1.29, 1.82) is 0 Å². The fourth-order valence-electron chi connectivity index (χ4n) is 3.14. The number of nitrogens with zero attached hydrogens (tertiary/aromatic N) is 3. The summed E-state index contributed by atoms with van der Waals surface area (Å²) in [7, 11) is 0. The molecule has 6 nitrogen and oxygen atoms in total. The second-order valence-electron chi connectivity index (χ2n) is 6.24. The van der Waals surface area contributed by atoms with Gasteiger partial charge in [-0.15, -0.1) is 0 Å². The first-order valence-electron chi connectivity index (χ1n) is 8.39. The third-order valence-electron chi connectivity index (χ3n) is 4.36. The van der Waals surface area contributed by atoms with Crippen molar-refractivity contribution in [3.05, 3.63) is 80.3 Å². The lowest BCUT2D eigenvalue weighted by Crippen LogP contribution is -2.31. The van der Waals surface area contributed by atoms with Crippen LogP contribution in [0.5, 0.6) is 11.5 Å². The van der Waals surface area contributed by atoms with Gasteiger partial charge in [0.15, 0.2) is 11.3 Å². The third-order valence-corrected chi connectivity index (χ3v) is 5.25. The van der Waals surface area contributed by atoms with Crippen LogP contribution in [-0.4, -0.2) is 22.6 Å². The molecule has 2 aliphatic rings. The van der Waals surface area contributed by atoms with Gasteiger partial charge < -0.3 is 15.2 Å². The summed E-state index contributed by atoms with van der Waals surface area (Å²) >= 11 is 14.6. The molecule has 1 unspecified atom stereocenters. The number of hydrogen-bond acceptors (Lipinski definition) is 6. The van der Waals surface area contributed by atoms with Gasteiger partial charge in [-0.05, 0) is 36.4 Å². The van der Waals surface area contributed by atoms with E-state index in [9.17, 15) is 8.78 Å². The summed E-state index contributed by atoms with van der Waals surface area (Å²) in [5, 5.41) is 0.198.